The summed E-state index contributed by atoms with van der Waals surface area (Å²) < 4.78 is 5.21. The Kier molecular flexibility index (Phi) is 5.40. The molecule has 0 N–H and O–H groups in total. The zero-order valence-corrected chi connectivity index (χ0v) is 25.9. The van der Waals surface area contributed by atoms with E-state index in [4.69, 9.17) is 0 Å². The van der Waals surface area contributed by atoms with E-state index in [2.05, 4.69) is 159 Å². The van der Waals surface area contributed by atoms with Crippen molar-refractivity contribution in [2.75, 3.05) is 0 Å². The Bertz CT molecular complexity index is 2570. The predicted molar refractivity (Wildman–Crippen MR) is 193 cm³/mol. The normalized spacial score (nSPS) is 12.4. The lowest BCUT2D eigenvalue weighted by Crippen LogP contribution is -2.10. The molecule has 210 valence electrons. The molecule has 0 spiro atoms. The molecule has 1 nitrogen and oxygen atoms in total. The fraction of sp³-hybridized carbons (Fsp3) is 0.0952. The highest BCUT2D eigenvalue weighted by molar-refractivity contribution is 7.27. The molecule has 0 bridgehead atoms. The van der Waals surface area contributed by atoms with Crippen LogP contribution < -0.4 is 0 Å². The second-order valence-electron chi connectivity index (χ2n) is 13.0. The molecule has 7 aromatic carbocycles. The van der Waals surface area contributed by atoms with E-state index in [0.717, 1.165) is 0 Å². The van der Waals surface area contributed by atoms with Gasteiger partial charge in [-0.3, -0.25) is 0 Å². The molecule has 0 amide bonds. The number of rotatable bonds is 2. The number of aromatic nitrogens is 1. The summed E-state index contributed by atoms with van der Waals surface area (Å²) >= 11 is 1.92. The minimum atomic E-state index is 0.115. The number of thiophene rings is 1. The highest BCUT2D eigenvalue weighted by atomic mass is 32.1. The van der Waals surface area contributed by atoms with Crippen molar-refractivity contribution in [1.82, 2.24) is 4.57 Å². The third kappa shape index (κ3) is 3.64. The van der Waals surface area contributed by atoms with Crippen LogP contribution in [0.15, 0.2) is 133 Å². The fourth-order valence-corrected chi connectivity index (χ4v) is 8.47. The van der Waals surface area contributed by atoms with Crippen molar-refractivity contribution in [1.29, 1.82) is 0 Å². The van der Waals surface area contributed by atoms with Gasteiger partial charge < -0.3 is 4.57 Å². The maximum Gasteiger partial charge on any atom is 0.0726 e. The number of hydrogen-bond donors (Lipinski definition) is 0. The molecule has 0 saturated carbocycles. The molecule has 44 heavy (non-hydrogen) atoms. The van der Waals surface area contributed by atoms with Gasteiger partial charge in [0.25, 0.3) is 0 Å². The van der Waals surface area contributed by atoms with Gasteiger partial charge in [-0.15, -0.1) is 11.3 Å². The van der Waals surface area contributed by atoms with Gasteiger partial charge in [0.1, 0.15) is 0 Å². The van der Waals surface area contributed by atoms with Gasteiger partial charge in [0, 0.05) is 31.9 Å². The maximum atomic E-state index is 2.54. The van der Waals surface area contributed by atoms with Gasteiger partial charge in [0.05, 0.1) is 15.7 Å². The Morgan fingerprint density at radius 1 is 0.545 bits per heavy atom. The Morgan fingerprint density at radius 3 is 1.91 bits per heavy atom. The van der Waals surface area contributed by atoms with Crippen molar-refractivity contribution in [3.63, 3.8) is 0 Å². The van der Waals surface area contributed by atoms with Crippen LogP contribution >= 0.6 is 11.3 Å². The lowest BCUT2D eigenvalue weighted by Gasteiger charge is -2.20. The molecule has 9 rings (SSSR count). The summed E-state index contributed by atoms with van der Waals surface area (Å²) in [4.78, 5) is 0. The summed E-state index contributed by atoms with van der Waals surface area (Å²) in [7, 11) is 0. The zero-order valence-electron chi connectivity index (χ0n) is 25.1. The molecule has 9 aromatic rings. The third-order valence-corrected chi connectivity index (χ3v) is 10.5. The van der Waals surface area contributed by atoms with E-state index >= 15 is 0 Å². The van der Waals surface area contributed by atoms with E-state index in [1.165, 1.54) is 85.9 Å². The van der Waals surface area contributed by atoms with Gasteiger partial charge in [0.2, 0.25) is 0 Å². The minimum absolute atomic E-state index is 0.115. The molecular weight excluding hydrogens is 551 g/mol. The average Bonchev–Trinajstić information content (AvgIpc) is 3.61. The van der Waals surface area contributed by atoms with E-state index in [9.17, 15) is 0 Å². The van der Waals surface area contributed by atoms with Crippen LogP contribution in [-0.4, -0.2) is 4.57 Å². The van der Waals surface area contributed by atoms with Crippen molar-refractivity contribution < 1.29 is 0 Å². The molecule has 2 heterocycles. The summed E-state index contributed by atoms with van der Waals surface area (Å²) in [6.07, 6.45) is 0. The quantitative estimate of drug-likeness (QED) is 0.191. The van der Waals surface area contributed by atoms with Crippen molar-refractivity contribution in [3.05, 3.63) is 139 Å². The standard InChI is InChI=1S/C42H31NS/c1-42(2,3)28-22-20-26(21-23-28)35-25-29(24-27-12-4-5-13-30(27)35)43-36-18-10-8-16-33(36)38-31-14-6-7-15-32(31)39-34-17-9-11-19-37(34)44-41(39)40(38)43/h4-25H,1-3H3. The number of para-hydroxylation sites is 1. The van der Waals surface area contributed by atoms with Crippen molar-refractivity contribution in [3.8, 4) is 16.8 Å². The van der Waals surface area contributed by atoms with Gasteiger partial charge in [-0.2, -0.15) is 0 Å². The monoisotopic (exact) mass is 581 g/mol. The van der Waals surface area contributed by atoms with E-state index in [-0.39, 0.29) is 5.41 Å². The summed E-state index contributed by atoms with van der Waals surface area (Å²) in [5, 5.41) is 10.5. The number of nitrogens with zero attached hydrogens (tertiary/aromatic N) is 1. The lowest BCUT2D eigenvalue weighted by atomic mass is 9.86. The maximum absolute atomic E-state index is 2.54. The van der Waals surface area contributed by atoms with Gasteiger partial charge in [0.15, 0.2) is 0 Å². The number of fused-ring (bicyclic) bond motifs is 11. The van der Waals surface area contributed by atoms with Crippen molar-refractivity contribution in [2.45, 2.75) is 26.2 Å². The molecule has 0 aliphatic heterocycles. The summed E-state index contributed by atoms with van der Waals surface area (Å²) in [5.41, 5.74) is 7.70. The predicted octanol–water partition coefficient (Wildman–Crippen LogP) is 12.4. The Morgan fingerprint density at radius 2 is 1.16 bits per heavy atom. The molecule has 0 fully saturated rings. The molecule has 0 saturated heterocycles. The van der Waals surface area contributed by atoms with Crippen molar-refractivity contribution >= 4 is 74.9 Å². The van der Waals surface area contributed by atoms with Crippen LogP contribution in [0.3, 0.4) is 0 Å². The van der Waals surface area contributed by atoms with E-state index < -0.39 is 0 Å². The highest BCUT2D eigenvalue weighted by Gasteiger charge is 2.22. The topological polar surface area (TPSA) is 4.93 Å². The lowest BCUT2D eigenvalue weighted by molar-refractivity contribution is 0.590. The minimum Gasteiger partial charge on any atom is -0.308 e. The van der Waals surface area contributed by atoms with Crippen LogP contribution in [0.1, 0.15) is 26.3 Å². The SMILES string of the molecule is CC(C)(C)c1ccc(-c2cc(-n3c4ccccc4c4c5ccccc5c5c6ccccc6sc5c43)cc3ccccc23)cc1. The Labute approximate surface area is 260 Å². The van der Waals surface area contributed by atoms with Crippen LogP contribution in [0.4, 0.5) is 0 Å². The molecule has 2 heteroatoms. The molecule has 0 aliphatic rings. The number of hydrogen-bond acceptors (Lipinski definition) is 1. The van der Waals surface area contributed by atoms with Crippen LogP contribution in [0, 0.1) is 0 Å². The average molecular weight is 582 g/mol. The van der Waals surface area contributed by atoms with Crippen LogP contribution in [0.2, 0.25) is 0 Å². The van der Waals surface area contributed by atoms with E-state index in [1.54, 1.807) is 0 Å². The smallest absolute Gasteiger partial charge is 0.0726 e. The Hall–Kier alpha value is -4.92. The van der Waals surface area contributed by atoms with E-state index in [0.29, 0.717) is 0 Å². The molecular formula is C42H31NS. The summed E-state index contributed by atoms with van der Waals surface area (Å²) in [5.74, 6) is 0. The summed E-state index contributed by atoms with van der Waals surface area (Å²) in [6.45, 7) is 6.83. The van der Waals surface area contributed by atoms with Crippen LogP contribution in [0.25, 0.3) is 80.3 Å². The highest BCUT2D eigenvalue weighted by Crippen LogP contribution is 2.48. The van der Waals surface area contributed by atoms with Gasteiger partial charge in [-0.25, -0.2) is 0 Å². The fourth-order valence-electron chi connectivity index (χ4n) is 7.21. The number of benzene rings is 7. The van der Waals surface area contributed by atoms with Crippen LogP contribution in [-0.2, 0) is 5.41 Å². The first kappa shape index (κ1) is 25.6. The second kappa shape index (κ2) is 9.29. The van der Waals surface area contributed by atoms with Gasteiger partial charge >= 0.3 is 0 Å². The summed E-state index contributed by atoms with van der Waals surface area (Å²) in [6, 6.07) is 49.6. The van der Waals surface area contributed by atoms with Gasteiger partial charge in [-0.1, -0.05) is 130 Å². The van der Waals surface area contributed by atoms with Crippen LogP contribution in [0.5, 0.6) is 0 Å². The van der Waals surface area contributed by atoms with Crippen molar-refractivity contribution in [2.24, 2.45) is 0 Å². The first-order valence-electron chi connectivity index (χ1n) is 15.4. The molecule has 0 atom stereocenters. The molecule has 0 radical (unpaired) electrons. The van der Waals surface area contributed by atoms with E-state index in [1.807, 2.05) is 11.3 Å². The second-order valence-corrected chi connectivity index (χ2v) is 14.0. The largest absolute Gasteiger partial charge is 0.308 e. The molecule has 0 aliphatic carbocycles. The third-order valence-electron chi connectivity index (χ3n) is 9.32. The van der Waals surface area contributed by atoms with Gasteiger partial charge in [-0.05, 0) is 67.9 Å². The first-order valence-corrected chi connectivity index (χ1v) is 16.2. The Balaban J connectivity index is 1.45. The first-order chi connectivity index (χ1) is 21.5. The molecule has 0 unspecified atom stereocenters. The zero-order chi connectivity index (χ0) is 29.6. The molecule has 2 aromatic heterocycles.